The molecular formula is C8H8BrFN2O2. The minimum atomic E-state index is -1.36. The van der Waals surface area contributed by atoms with E-state index in [9.17, 15) is 4.39 Å². The summed E-state index contributed by atoms with van der Waals surface area (Å²) in [5.41, 5.74) is -1.36. The Morgan fingerprint density at radius 2 is 2.14 bits per heavy atom. The van der Waals surface area contributed by atoms with Gasteiger partial charge in [-0.05, 0) is 15.9 Å². The monoisotopic (exact) mass is 262 g/mol. The number of aromatic nitrogens is 2. The van der Waals surface area contributed by atoms with Gasteiger partial charge in [0.25, 0.3) is 0 Å². The van der Waals surface area contributed by atoms with Gasteiger partial charge in [-0.2, -0.15) is 0 Å². The van der Waals surface area contributed by atoms with Gasteiger partial charge in [-0.25, -0.2) is 14.4 Å². The van der Waals surface area contributed by atoms with Crippen LogP contribution in [0.5, 0.6) is 6.01 Å². The second kappa shape index (κ2) is 3.78. The van der Waals surface area contributed by atoms with Gasteiger partial charge in [0.2, 0.25) is 0 Å². The predicted molar refractivity (Wildman–Crippen MR) is 49.9 cm³/mol. The lowest BCUT2D eigenvalue weighted by atomic mass is 10.1. The summed E-state index contributed by atoms with van der Waals surface area (Å²) in [5.74, 6) is 0. The molecule has 0 unspecified atom stereocenters. The van der Waals surface area contributed by atoms with Crippen LogP contribution >= 0.6 is 15.9 Å². The molecule has 0 aromatic carbocycles. The van der Waals surface area contributed by atoms with E-state index in [1.54, 1.807) is 12.4 Å². The molecule has 14 heavy (non-hydrogen) atoms. The fraction of sp³-hybridized carbons (Fsp3) is 0.500. The topological polar surface area (TPSA) is 44.2 Å². The first kappa shape index (κ1) is 9.79. The van der Waals surface area contributed by atoms with Crippen LogP contribution in [0, 0.1) is 0 Å². The average molecular weight is 263 g/mol. The van der Waals surface area contributed by atoms with Crippen molar-refractivity contribution >= 4 is 15.9 Å². The normalized spacial score (nSPS) is 18.7. The Bertz CT molecular complexity index is 316. The Labute approximate surface area is 88.6 Å². The first-order chi connectivity index (χ1) is 6.68. The van der Waals surface area contributed by atoms with Gasteiger partial charge in [0.05, 0.1) is 17.7 Å². The van der Waals surface area contributed by atoms with Crippen LogP contribution in [0.25, 0.3) is 0 Å². The lowest BCUT2D eigenvalue weighted by Gasteiger charge is -2.32. The number of hydrogen-bond acceptors (Lipinski definition) is 4. The fourth-order valence-electron chi connectivity index (χ4n) is 0.976. The Morgan fingerprint density at radius 1 is 1.50 bits per heavy atom. The zero-order valence-corrected chi connectivity index (χ0v) is 8.83. The van der Waals surface area contributed by atoms with E-state index in [4.69, 9.17) is 9.47 Å². The van der Waals surface area contributed by atoms with Gasteiger partial charge in [-0.1, -0.05) is 0 Å². The highest BCUT2D eigenvalue weighted by Gasteiger charge is 2.40. The number of ether oxygens (including phenoxy) is 2. The van der Waals surface area contributed by atoms with Crippen molar-refractivity contribution < 1.29 is 13.9 Å². The fourth-order valence-corrected chi connectivity index (χ4v) is 1.18. The van der Waals surface area contributed by atoms with Crippen LogP contribution in [0.2, 0.25) is 0 Å². The number of rotatable bonds is 3. The quantitative estimate of drug-likeness (QED) is 0.825. The van der Waals surface area contributed by atoms with E-state index in [0.29, 0.717) is 0 Å². The molecule has 0 amide bonds. The van der Waals surface area contributed by atoms with Crippen molar-refractivity contribution in [3.05, 3.63) is 16.9 Å². The summed E-state index contributed by atoms with van der Waals surface area (Å²) in [7, 11) is 0. The Hall–Kier alpha value is -0.750. The van der Waals surface area contributed by atoms with Crippen LogP contribution < -0.4 is 4.74 Å². The number of hydrogen-bond donors (Lipinski definition) is 0. The molecule has 0 N–H and O–H groups in total. The molecule has 0 atom stereocenters. The zero-order chi connectivity index (χ0) is 10.0. The Balaban J connectivity index is 1.88. The molecule has 1 aliphatic heterocycles. The molecule has 1 fully saturated rings. The maximum Gasteiger partial charge on any atom is 0.316 e. The highest BCUT2D eigenvalue weighted by molar-refractivity contribution is 9.10. The molecule has 1 aromatic heterocycles. The molecule has 0 bridgehead atoms. The molecule has 0 radical (unpaired) electrons. The summed E-state index contributed by atoms with van der Waals surface area (Å²) in [6.45, 7) is 0.113. The summed E-state index contributed by atoms with van der Waals surface area (Å²) >= 11 is 3.19. The average Bonchev–Trinajstić information content (AvgIpc) is 2.14. The number of halogens is 2. The van der Waals surface area contributed by atoms with Crippen molar-refractivity contribution in [1.29, 1.82) is 0 Å². The van der Waals surface area contributed by atoms with Gasteiger partial charge in [0, 0.05) is 12.4 Å². The van der Waals surface area contributed by atoms with E-state index >= 15 is 0 Å². The summed E-state index contributed by atoms with van der Waals surface area (Å²) in [4.78, 5) is 7.70. The third kappa shape index (κ3) is 2.19. The van der Waals surface area contributed by atoms with Crippen LogP contribution in [0.15, 0.2) is 16.9 Å². The van der Waals surface area contributed by atoms with Gasteiger partial charge >= 0.3 is 6.01 Å². The van der Waals surface area contributed by atoms with Crippen LogP contribution in [0.1, 0.15) is 0 Å². The maximum absolute atomic E-state index is 13.4. The predicted octanol–water partition coefficient (Wildman–Crippen LogP) is 1.36. The van der Waals surface area contributed by atoms with Crippen LogP contribution in [-0.2, 0) is 4.74 Å². The number of nitrogens with zero attached hydrogens (tertiary/aromatic N) is 2. The molecule has 6 heteroatoms. The molecular weight excluding hydrogens is 255 g/mol. The number of alkyl halides is 1. The van der Waals surface area contributed by atoms with E-state index < -0.39 is 5.67 Å². The molecule has 0 saturated carbocycles. The molecule has 76 valence electrons. The first-order valence-corrected chi connectivity index (χ1v) is 4.84. The molecule has 0 spiro atoms. The first-order valence-electron chi connectivity index (χ1n) is 4.05. The smallest absolute Gasteiger partial charge is 0.316 e. The van der Waals surface area contributed by atoms with Gasteiger partial charge in [-0.3, -0.25) is 0 Å². The van der Waals surface area contributed by atoms with Crippen LogP contribution in [-0.4, -0.2) is 35.5 Å². The van der Waals surface area contributed by atoms with E-state index in [1.165, 1.54) is 0 Å². The highest BCUT2D eigenvalue weighted by Crippen LogP contribution is 2.22. The van der Waals surface area contributed by atoms with Gasteiger partial charge in [0.15, 0.2) is 5.67 Å². The molecule has 2 rings (SSSR count). The zero-order valence-electron chi connectivity index (χ0n) is 7.24. The van der Waals surface area contributed by atoms with Crippen LogP contribution in [0.4, 0.5) is 4.39 Å². The Morgan fingerprint density at radius 3 is 2.64 bits per heavy atom. The SMILES string of the molecule is FC1(COc2ncc(Br)cn2)COC1. The van der Waals surface area contributed by atoms with E-state index in [2.05, 4.69) is 25.9 Å². The van der Waals surface area contributed by atoms with E-state index in [-0.39, 0.29) is 25.8 Å². The van der Waals surface area contributed by atoms with Crippen LogP contribution in [0.3, 0.4) is 0 Å². The van der Waals surface area contributed by atoms with Crippen molar-refractivity contribution in [3.8, 4) is 6.01 Å². The summed E-state index contributed by atoms with van der Waals surface area (Å²) in [5, 5.41) is 0. The standard InChI is InChI=1S/C8H8BrFN2O2/c9-6-1-11-7(12-2-6)14-5-8(10)3-13-4-8/h1-2H,3-5H2. The maximum atomic E-state index is 13.4. The van der Waals surface area contributed by atoms with Crippen molar-refractivity contribution in [2.75, 3.05) is 19.8 Å². The summed E-state index contributed by atoms with van der Waals surface area (Å²) in [6, 6.07) is 0.178. The van der Waals surface area contributed by atoms with Crippen molar-refractivity contribution in [2.45, 2.75) is 5.67 Å². The van der Waals surface area contributed by atoms with Crippen molar-refractivity contribution in [2.24, 2.45) is 0 Å². The summed E-state index contributed by atoms with van der Waals surface area (Å²) in [6.07, 6.45) is 3.09. The largest absolute Gasteiger partial charge is 0.460 e. The lowest BCUT2D eigenvalue weighted by Crippen LogP contribution is -2.50. The third-order valence-corrected chi connectivity index (χ3v) is 2.19. The molecule has 1 aliphatic rings. The Kier molecular flexibility index (Phi) is 2.64. The minimum Gasteiger partial charge on any atom is -0.460 e. The molecule has 1 aromatic rings. The molecule has 1 saturated heterocycles. The van der Waals surface area contributed by atoms with E-state index in [1.807, 2.05) is 0 Å². The van der Waals surface area contributed by atoms with E-state index in [0.717, 1.165) is 4.47 Å². The molecule has 4 nitrogen and oxygen atoms in total. The van der Waals surface area contributed by atoms with Crippen molar-refractivity contribution in [3.63, 3.8) is 0 Å². The molecule has 0 aliphatic carbocycles. The van der Waals surface area contributed by atoms with Gasteiger partial charge in [0.1, 0.15) is 6.61 Å². The van der Waals surface area contributed by atoms with Gasteiger partial charge < -0.3 is 9.47 Å². The minimum absolute atomic E-state index is 0.0609. The molecule has 2 heterocycles. The summed E-state index contributed by atoms with van der Waals surface area (Å²) < 4.78 is 23.9. The van der Waals surface area contributed by atoms with Crippen molar-refractivity contribution in [1.82, 2.24) is 9.97 Å². The highest BCUT2D eigenvalue weighted by atomic mass is 79.9. The lowest BCUT2D eigenvalue weighted by molar-refractivity contribution is -0.147. The second-order valence-corrected chi connectivity index (χ2v) is 4.03. The van der Waals surface area contributed by atoms with Gasteiger partial charge in [-0.15, -0.1) is 0 Å². The third-order valence-electron chi connectivity index (χ3n) is 1.78. The second-order valence-electron chi connectivity index (χ2n) is 3.12.